The zero-order chi connectivity index (χ0) is 17.9. The standard InChI is InChI=1S/C17H18Cl2N2O3/c1-9-6-13(11(3)24-9)17(23)20-8-16(22)21-10(2)12-4-5-14(18)15(19)7-12/h4-7,10H,8H2,1-3H3,(H,20,23)(H,21,22). The highest BCUT2D eigenvalue weighted by Gasteiger charge is 2.16. The molecule has 0 radical (unpaired) electrons. The summed E-state index contributed by atoms with van der Waals surface area (Å²) >= 11 is 11.8. The van der Waals surface area contributed by atoms with Crippen molar-refractivity contribution in [3.8, 4) is 0 Å². The molecule has 1 aromatic heterocycles. The highest BCUT2D eigenvalue weighted by molar-refractivity contribution is 6.42. The number of aryl methyl sites for hydroxylation is 2. The van der Waals surface area contributed by atoms with Crippen molar-refractivity contribution in [3.05, 3.63) is 57.0 Å². The van der Waals surface area contributed by atoms with Gasteiger partial charge in [-0.15, -0.1) is 0 Å². The van der Waals surface area contributed by atoms with Crippen molar-refractivity contribution < 1.29 is 14.0 Å². The SMILES string of the molecule is Cc1cc(C(=O)NCC(=O)NC(C)c2ccc(Cl)c(Cl)c2)c(C)o1. The van der Waals surface area contributed by atoms with Gasteiger partial charge in [-0.3, -0.25) is 9.59 Å². The third-order valence-corrected chi connectivity index (χ3v) is 4.26. The van der Waals surface area contributed by atoms with E-state index in [4.69, 9.17) is 27.6 Å². The molecule has 0 bridgehead atoms. The number of furan rings is 1. The number of carbonyl (C=O) groups excluding carboxylic acids is 2. The number of hydrogen-bond acceptors (Lipinski definition) is 3. The van der Waals surface area contributed by atoms with E-state index in [2.05, 4.69) is 10.6 Å². The van der Waals surface area contributed by atoms with Crippen molar-refractivity contribution in [2.45, 2.75) is 26.8 Å². The summed E-state index contributed by atoms with van der Waals surface area (Å²) < 4.78 is 5.30. The van der Waals surface area contributed by atoms with Gasteiger partial charge in [0.15, 0.2) is 0 Å². The van der Waals surface area contributed by atoms with Crippen LogP contribution in [0.1, 0.15) is 40.4 Å². The molecule has 0 aliphatic rings. The monoisotopic (exact) mass is 368 g/mol. The summed E-state index contributed by atoms with van der Waals surface area (Å²) in [5.74, 6) is 0.520. The van der Waals surface area contributed by atoms with Crippen LogP contribution >= 0.6 is 23.2 Å². The number of nitrogens with one attached hydrogen (secondary N) is 2. The van der Waals surface area contributed by atoms with Gasteiger partial charge in [0.05, 0.1) is 28.2 Å². The fraction of sp³-hybridized carbons (Fsp3) is 0.294. The van der Waals surface area contributed by atoms with Gasteiger partial charge in [-0.1, -0.05) is 29.3 Å². The van der Waals surface area contributed by atoms with Gasteiger partial charge in [0.25, 0.3) is 5.91 Å². The summed E-state index contributed by atoms with van der Waals surface area (Å²) in [6, 6.07) is 6.54. The maximum absolute atomic E-state index is 12.0. The molecule has 0 spiro atoms. The molecule has 2 aromatic rings. The van der Waals surface area contributed by atoms with E-state index in [1.165, 1.54) is 0 Å². The van der Waals surface area contributed by atoms with Crippen LogP contribution in [0.15, 0.2) is 28.7 Å². The van der Waals surface area contributed by atoms with Crippen molar-refractivity contribution in [3.63, 3.8) is 0 Å². The molecule has 24 heavy (non-hydrogen) atoms. The Morgan fingerprint density at radius 1 is 1.17 bits per heavy atom. The van der Waals surface area contributed by atoms with Gasteiger partial charge in [0.2, 0.25) is 5.91 Å². The Morgan fingerprint density at radius 2 is 1.88 bits per heavy atom. The topological polar surface area (TPSA) is 71.3 Å². The average molecular weight is 369 g/mol. The first-order valence-corrected chi connectivity index (χ1v) is 8.13. The Bertz CT molecular complexity index is 771. The van der Waals surface area contributed by atoms with Gasteiger partial charge in [-0.05, 0) is 44.5 Å². The minimum atomic E-state index is -0.346. The summed E-state index contributed by atoms with van der Waals surface area (Å²) in [6.07, 6.45) is 0. The quantitative estimate of drug-likeness (QED) is 0.842. The second-order valence-electron chi connectivity index (χ2n) is 5.47. The van der Waals surface area contributed by atoms with Crippen LogP contribution in [0.25, 0.3) is 0 Å². The van der Waals surface area contributed by atoms with E-state index in [9.17, 15) is 9.59 Å². The molecule has 0 aliphatic carbocycles. The molecule has 0 aliphatic heterocycles. The van der Waals surface area contributed by atoms with E-state index >= 15 is 0 Å². The molecule has 128 valence electrons. The van der Waals surface area contributed by atoms with Gasteiger partial charge in [0, 0.05) is 0 Å². The van der Waals surface area contributed by atoms with Crippen molar-refractivity contribution >= 4 is 35.0 Å². The second kappa shape index (κ2) is 7.73. The number of hydrogen-bond donors (Lipinski definition) is 2. The number of halogens is 2. The van der Waals surface area contributed by atoms with E-state index in [-0.39, 0.29) is 24.4 Å². The molecule has 1 unspecified atom stereocenters. The minimum Gasteiger partial charge on any atom is -0.466 e. The van der Waals surface area contributed by atoms with Crippen LogP contribution < -0.4 is 10.6 Å². The molecule has 2 N–H and O–H groups in total. The molecule has 0 saturated heterocycles. The lowest BCUT2D eigenvalue weighted by Gasteiger charge is -2.15. The van der Waals surface area contributed by atoms with E-state index in [0.29, 0.717) is 27.1 Å². The third-order valence-electron chi connectivity index (χ3n) is 3.52. The van der Waals surface area contributed by atoms with Gasteiger partial charge in [-0.2, -0.15) is 0 Å². The van der Waals surface area contributed by atoms with Crippen molar-refractivity contribution in [2.75, 3.05) is 6.54 Å². The first kappa shape index (κ1) is 18.4. The molecule has 5 nitrogen and oxygen atoms in total. The fourth-order valence-electron chi connectivity index (χ4n) is 2.27. The maximum atomic E-state index is 12.0. The first-order chi connectivity index (χ1) is 11.3. The summed E-state index contributed by atoms with van der Waals surface area (Å²) in [4.78, 5) is 24.0. The Hall–Kier alpha value is -1.98. The lowest BCUT2D eigenvalue weighted by atomic mass is 10.1. The minimum absolute atomic E-state index is 0.131. The zero-order valence-electron chi connectivity index (χ0n) is 13.6. The molecule has 2 amide bonds. The lowest BCUT2D eigenvalue weighted by molar-refractivity contribution is -0.120. The molecule has 1 heterocycles. The third kappa shape index (κ3) is 4.52. The smallest absolute Gasteiger partial charge is 0.255 e. The maximum Gasteiger partial charge on any atom is 0.255 e. The van der Waals surface area contributed by atoms with Gasteiger partial charge >= 0.3 is 0 Å². The molecule has 0 fully saturated rings. The largest absolute Gasteiger partial charge is 0.466 e. The van der Waals surface area contributed by atoms with E-state index in [1.807, 2.05) is 6.92 Å². The van der Waals surface area contributed by atoms with Gasteiger partial charge in [-0.25, -0.2) is 0 Å². The number of carbonyl (C=O) groups is 2. The predicted molar refractivity (Wildman–Crippen MR) is 93.5 cm³/mol. The number of benzene rings is 1. The average Bonchev–Trinajstić information content (AvgIpc) is 2.86. The van der Waals surface area contributed by atoms with Crippen molar-refractivity contribution in [1.29, 1.82) is 0 Å². The van der Waals surface area contributed by atoms with Crippen LogP contribution in [0, 0.1) is 13.8 Å². The first-order valence-electron chi connectivity index (χ1n) is 7.37. The number of rotatable bonds is 5. The highest BCUT2D eigenvalue weighted by Crippen LogP contribution is 2.25. The second-order valence-corrected chi connectivity index (χ2v) is 6.29. The Kier molecular flexibility index (Phi) is 5.91. The van der Waals surface area contributed by atoms with Crippen molar-refractivity contribution in [1.82, 2.24) is 10.6 Å². The Balaban J connectivity index is 1.89. The molecule has 1 atom stereocenters. The molecule has 0 saturated carbocycles. The summed E-state index contributed by atoms with van der Waals surface area (Å²) in [7, 11) is 0. The molecular weight excluding hydrogens is 351 g/mol. The van der Waals surface area contributed by atoms with Crippen LogP contribution in [0.2, 0.25) is 10.0 Å². The van der Waals surface area contributed by atoms with E-state index in [1.54, 1.807) is 38.1 Å². The molecule has 2 rings (SSSR count). The van der Waals surface area contributed by atoms with E-state index < -0.39 is 0 Å². The summed E-state index contributed by atoms with van der Waals surface area (Å²) in [6.45, 7) is 5.15. The van der Waals surface area contributed by atoms with Crippen LogP contribution in [-0.4, -0.2) is 18.4 Å². The number of amides is 2. The Morgan fingerprint density at radius 3 is 2.46 bits per heavy atom. The zero-order valence-corrected chi connectivity index (χ0v) is 15.1. The molecular formula is C17H18Cl2N2O3. The molecule has 7 heteroatoms. The summed E-state index contributed by atoms with van der Waals surface area (Å²) in [5, 5.41) is 6.24. The molecule has 1 aromatic carbocycles. The van der Waals surface area contributed by atoms with Crippen molar-refractivity contribution in [2.24, 2.45) is 0 Å². The van der Waals surface area contributed by atoms with Crippen LogP contribution in [-0.2, 0) is 4.79 Å². The van der Waals surface area contributed by atoms with Crippen LogP contribution in [0.4, 0.5) is 0 Å². The Labute approximate surface area is 150 Å². The summed E-state index contributed by atoms with van der Waals surface area (Å²) in [5.41, 5.74) is 1.25. The van der Waals surface area contributed by atoms with Gasteiger partial charge in [0.1, 0.15) is 11.5 Å². The normalized spacial score (nSPS) is 11.9. The highest BCUT2D eigenvalue weighted by atomic mass is 35.5. The van der Waals surface area contributed by atoms with Crippen LogP contribution in [0.5, 0.6) is 0 Å². The lowest BCUT2D eigenvalue weighted by Crippen LogP contribution is -2.38. The van der Waals surface area contributed by atoms with Gasteiger partial charge < -0.3 is 15.1 Å². The van der Waals surface area contributed by atoms with E-state index in [0.717, 1.165) is 5.56 Å². The van der Waals surface area contributed by atoms with Crippen LogP contribution in [0.3, 0.4) is 0 Å². The predicted octanol–water partition coefficient (Wildman–Crippen LogP) is 3.81. The fourth-order valence-corrected chi connectivity index (χ4v) is 2.58.